The molecule has 220 valence electrons. The molecular formula is C29H39Cl2N3O5S. The van der Waals surface area contributed by atoms with Gasteiger partial charge in [-0.3, -0.25) is 13.9 Å². The summed E-state index contributed by atoms with van der Waals surface area (Å²) in [5.41, 5.74) is 0.971. The maximum absolute atomic E-state index is 13.6. The van der Waals surface area contributed by atoms with E-state index in [0.717, 1.165) is 38.4 Å². The van der Waals surface area contributed by atoms with Gasteiger partial charge >= 0.3 is 0 Å². The van der Waals surface area contributed by atoms with Gasteiger partial charge in [-0.1, -0.05) is 60.7 Å². The topological polar surface area (TPSA) is 96.0 Å². The summed E-state index contributed by atoms with van der Waals surface area (Å²) in [4.78, 5) is 28.3. The van der Waals surface area contributed by atoms with Crippen LogP contribution in [0.25, 0.3) is 0 Å². The molecule has 0 spiro atoms. The van der Waals surface area contributed by atoms with Crippen molar-refractivity contribution in [3.05, 3.63) is 58.1 Å². The van der Waals surface area contributed by atoms with Crippen molar-refractivity contribution in [3.8, 4) is 5.75 Å². The lowest BCUT2D eigenvalue weighted by Crippen LogP contribution is -2.50. The summed E-state index contributed by atoms with van der Waals surface area (Å²) in [7, 11) is -3.65. The van der Waals surface area contributed by atoms with Crippen LogP contribution < -0.4 is 14.4 Å². The van der Waals surface area contributed by atoms with Crippen molar-refractivity contribution in [1.29, 1.82) is 0 Å². The van der Waals surface area contributed by atoms with Crippen molar-refractivity contribution < 1.29 is 22.7 Å². The summed E-state index contributed by atoms with van der Waals surface area (Å²) in [5, 5.41) is 3.91. The molecular weight excluding hydrogens is 573 g/mol. The number of nitrogens with one attached hydrogen (secondary N) is 1. The van der Waals surface area contributed by atoms with Crippen molar-refractivity contribution in [1.82, 2.24) is 10.2 Å². The zero-order valence-electron chi connectivity index (χ0n) is 23.4. The standard InChI is InChI=1S/C29H39Cl2N3O5S/c1-4-39-27-17-9-8-16-26(27)34(40(3,37)38)19-11-18-28(35)33(20-23-24(30)14-10-15-25(23)31)21(2)29(36)32-22-12-6-5-7-13-22/h8-10,14-17,21-22H,4-7,11-13,18-20H2,1-3H3,(H,32,36). The number of anilines is 1. The number of carbonyl (C=O) groups excluding carboxylic acids is 2. The van der Waals surface area contributed by atoms with Gasteiger partial charge in [0.05, 0.1) is 18.6 Å². The maximum Gasteiger partial charge on any atom is 0.242 e. The monoisotopic (exact) mass is 611 g/mol. The van der Waals surface area contributed by atoms with Crippen LogP contribution in [-0.2, 0) is 26.2 Å². The van der Waals surface area contributed by atoms with E-state index in [-0.39, 0.29) is 43.8 Å². The number of carbonyl (C=O) groups is 2. The lowest BCUT2D eigenvalue weighted by molar-refractivity contribution is -0.141. The number of para-hydroxylation sites is 2. The number of hydrogen-bond acceptors (Lipinski definition) is 5. The molecule has 0 bridgehead atoms. The Bertz CT molecular complexity index is 1250. The van der Waals surface area contributed by atoms with E-state index in [1.165, 1.54) is 9.21 Å². The third kappa shape index (κ3) is 8.75. The van der Waals surface area contributed by atoms with Crippen molar-refractivity contribution in [2.45, 2.75) is 77.4 Å². The van der Waals surface area contributed by atoms with Gasteiger partial charge in [-0.2, -0.15) is 0 Å². The van der Waals surface area contributed by atoms with E-state index in [1.54, 1.807) is 49.4 Å². The molecule has 2 aromatic carbocycles. The summed E-state index contributed by atoms with van der Waals surface area (Å²) < 4.78 is 32.3. The number of benzene rings is 2. The van der Waals surface area contributed by atoms with Gasteiger partial charge < -0.3 is 15.0 Å². The summed E-state index contributed by atoms with van der Waals surface area (Å²) in [6.07, 6.45) is 6.53. The zero-order valence-corrected chi connectivity index (χ0v) is 25.7. The highest BCUT2D eigenvalue weighted by molar-refractivity contribution is 7.92. The predicted octanol–water partition coefficient (Wildman–Crippen LogP) is 5.80. The number of nitrogens with zero attached hydrogens (tertiary/aromatic N) is 2. The largest absolute Gasteiger partial charge is 0.492 e. The summed E-state index contributed by atoms with van der Waals surface area (Å²) in [6, 6.07) is 11.3. The second kappa shape index (κ2) is 14.9. The molecule has 1 fully saturated rings. The Morgan fingerprint density at radius 2 is 1.70 bits per heavy atom. The predicted molar refractivity (Wildman–Crippen MR) is 161 cm³/mol. The Kier molecular flexibility index (Phi) is 12.0. The van der Waals surface area contributed by atoms with E-state index in [0.29, 0.717) is 33.7 Å². The number of hydrogen-bond donors (Lipinski definition) is 1. The molecule has 1 aliphatic rings. The minimum Gasteiger partial charge on any atom is -0.492 e. The molecule has 0 aromatic heterocycles. The van der Waals surface area contributed by atoms with Crippen molar-refractivity contribution in [3.63, 3.8) is 0 Å². The van der Waals surface area contributed by atoms with Gasteiger partial charge in [0.1, 0.15) is 11.8 Å². The van der Waals surface area contributed by atoms with E-state index in [2.05, 4.69) is 5.32 Å². The molecule has 1 aliphatic carbocycles. The Morgan fingerprint density at radius 1 is 1.05 bits per heavy atom. The van der Waals surface area contributed by atoms with Gasteiger partial charge in [-0.05, 0) is 57.4 Å². The van der Waals surface area contributed by atoms with Crippen LogP contribution in [0.3, 0.4) is 0 Å². The average Bonchev–Trinajstić information content (AvgIpc) is 2.91. The molecule has 3 rings (SSSR count). The minimum absolute atomic E-state index is 0.0198. The first kappa shape index (κ1) is 32.0. The molecule has 2 amide bonds. The highest BCUT2D eigenvalue weighted by atomic mass is 35.5. The van der Waals surface area contributed by atoms with Crippen LogP contribution in [0.2, 0.25) is 10.0 Å². The van der Waals surface area contributed by atoms with Crippen LogP contribution in [0.4, 0.5) is 5.69 Å². The molecule has 40 heavy (non-hydrogen) atoms. The number of amides is 2. The first-order chi connectivity index (χ1) is 19.0. The van der Waals surface area contributed by atoms with E-state index in [1.807, 2.05) is 6.92 Å². The Labute approximate surface area is 248 Å². The number of ether oxygens (including phenoxy) is 1. The molecule has 1 atom stereocenters. The lowest BCUT2D eigenvalue weighted by atomic mass is 9.95. The second-order valence-electron chi connectivity index (χ2n) is 10.1. The van der Waals surface area contributed by atoms with Gasteiger partial charge in [0.25, 0.3) is 0 Å². The smallest absolute Gasteiger partial charge is 0.242 e. The molecule has 0 aliphatic heterocycles. The average molecular weight is 613 g/mol. The summed E-state index contributed by atoms with van der Waals surface area (Å²) in [6.45, 7) is 4.03. The molecule has 8 nitrogen and oxygen atoms in total. The molecule has 0 saturated heterocycles. The van der Waals surface area contributed by atoms with Crippen LogP contribution in [0.5, 0.6) is 5.75 Å². The third-order valence-corrected chi connectivity index (χ3v) is 8.98. The normalized spacial score (nSPS) is 14.8. The van der Waals surface area contributed by atoms with Gasteiger partial charge in [-0.15, -0.1) is 0 Å². The molecule has 1 saturated carbocycles. The zero-order chi connectivity index (χ0) is 29.3. The first-order valence-corrected chi connectivity index (χ1v) is 16.4. The SMILES string of the molecule is CCOc1ccccc1N(CCCC(=O)N(Cc1c(Cl)cccc1Cl)C(C)C(=O)NC1CCCCC1)S(C)(=O)=O. The Balaban J connectivity index is 1.78. The Morgan fingerprint density at radius 3 is 2.33 bits per heavy atom. The minimum atomic E-state index is -3.65. The van der Waals surface area contributed by atoms with Gasteiger partial charge in [-0.25, -0.2) is 8.42 Å². The fourth-order valence-corrected chi connectivity index (χ4v) is 6.41. The Hall–Kier alpha value is -2.49. The molecule has 11 heteroatoms. The van der Waals surface area contributed by atoms with Gasteiger partial charge in [0.2, 0.25) is 21.8 Å². The summed E-state index contributed by atoms with van der Waals surface area (Å²) >= 11 is 12.8. The number of sulfonamides is 1. The van der Waals surface area contributed by atoms with E-state index < -0.39 is 16.1 Å². The van der Waals surface area contributed by atoms with E-state index in [4.69, 9.17) is 27.9 Å². The van der Waals surface area contributed by atoms with Gasteiger partial charge in [0, 0.05) is 41.2 Å². The van der Waals surface area contributed by atoms with Crippen LogP contribution in [0.1, 0.15) is 64.4 Å². The lowest BCUT2D eigenvalue weighted by Gasteiger charge is -2.32. The number of rotatable bonds is 13. The highest BCUT2D eigenvalue weighted by Gasteiger charge is 2.29. The highest BCUT2D eigenvalue weighted by Crippen LogP contribution is 2.31. The van der Waals surface area contributed by atoms with Crippen LogP contribution >= 0.6 is 23.2 Å². The van der Waals surface area contributed by atoms with Crippen LogP contribution in [-0.4, -0.2) is 56.6 Å². The van der Waals surface area contributed by atoms with Crippen molar-refractivity contribution in [2.75, 3.05) is 23.7 Å². The fourth-order valence-electron chi connectivity index (χ4n) is 4.93. The van der Waals surface area contributed by atoms with Crippen LogP contribution in [0.15, 0.2) is 42.5 Å². The molecule has 0 radical (unpaired) electrons. The maximum atomic E-state index is 13.6. The van der Waals surface area contributed by atoms with Crippen molar-refractivity contribution >= 4 is 50.7 Å². The van der Waals surface area contributed by atoms with Crippen molar-refractivity contribution in [2.24, 2.45) is 0 Å². The molecule has 0 heterocycles. The molecule has 1 unspecified atom stereocenters. The quantitative estimate of drug-likeness (QED) is 0.308. The number of halogens is 2. The first-order valence-electron chi connectivity index (χ1n) is 13.7. The van der Waals surface area contributed by atoms with E-state index in [9.17, 15) is 18.0 Å². The summed E-state index contributed by atoms with van der Waals surface area (Å²) in [5.74, 6) is -0.0783. The molecule has 1 N–H and O–H groups in total. The van der Waals surface area contributed by atoms with Gasteiger partial charge in [0.15, 0.2) is 0 Å². The second-order valence-corrected chi connectivity index (χ2v) is 12.8. The third-order valence-electron chi connectivity index (χ3n) is 7.09. The molecule has 2 aromatic rings. The van der Waals surface area contributed by atoms with E-state index >= 15 is 0 Å². The fraction of sp³-hybridized carbons (Fsp3) is 0.517. The van der Waals surface area contributed by atoms with Crippen LogP contribution in [0, 0.1) is 0 Å².